The lowest BCUT2D eigenvalue weighted by Gasteiger charge is -2.30. The number of rotatable bonds is 11. The van der Waals surface area contributed by atoms with Crippen LogP contribution in [-0.4, -0.2) is 36.4 Å². The first kappa shape index (κ1) is 30.8. The molecule has 3 aromatic carbocycles. The average molecular weight is 628 g/mol. The maximum absolute atomic E-state index is 12.7. The van der Waals surface area contributed by atoms with Crippen LogP contribution in [0.15, 0.2) is 83.1 Å². The smallest absolute Gasteiger partial charge is 0.338 e. The standard InChI is InChI=1S/C30H28Cl2N4O5S/c1-3-39-29(38)27-18(2)34-30(42)35-28(27)23-9-4-5-10-25(23)41-17-26(37)36-33-15-19-7-6-8-22(13-19)40-16-20-11-12-21(31)14-24(20)32/h4-15,28H,3,16-17H2,1-2H3,(H,36,37)(H2,34,35,42)/t28-/m1/s1. The molecular formula is C30H28Cl2N4O5S. The molecule has 3 aromatic rings. The first-order valence-corrected chi connectivity index (χ1v) is 14.1. The first-order chi connectivity index (χ1) is 20.2. The predicted molar refractivity (Wildman–Crippen MR) is 166 cm³/mol. The molecule has 0 saturated heterocycles. The molecule has 0 bridgehead atoms. The van der Waals surface area contributed by atoms with E-state index in [0.717, 1.165) is 5.56 Å². The molecule has 9 nitrogen and oxygen atoms in total. The van der Waals surface area contributed by atoms with E-state index in [-0.39, 0.29) is 19.8 Å². The van der Waals surface area contributed by atoms with Crippen molar-refractivity contribution in [1.29, 1.82) is 0 Å². The summed E-state index contributed by atoms with van der Waals surface area (Å²) in [5.74, 6) is 0.0531. The highest BCUT2D eigenvalue weighted by Gasteiger charge is 2.32. The number of ether oxygens (including phenoxy) is 3. The maximum atomic E-state index is 12.7. The van der Waals surface area contributed by atoms with Crippen molar-refractivity contribution >= 4 is 58.6 Å². The molecule has 1 atom stereocenters. The van der Waals surface area contributed by atoms with E-state index in [1.807, 2.05) is 12.1 Å². The Hall–Kier alpha value is -4.12. The molecule has 218 valence electrons. The van der Waals surface area contributed by atoms with Gasteiger partial charge in [0, 0.05) is 26.9 Å². The van der Waals surface area contributed by atoms with Gasteiger partial charge in [0.05, 0.1) is 24.4 Å². The van der Waals surface area contributed by atoms with Crippen LogP contribution in [0.1, 0.15) is 36.6 Å². The molecule has 4 rings (SSSR count). The van der Waals surface area contributed by atoms with Crippen molar-refractivity contribution in [1.82, 2.24) is 16.1 Å². The molecule has 0 spiro atoms. The van der Waals surface area contributed by atoms with Crippen LogP contribution in [-0.2, 0) is 20.9 Å². The number of carbonyl (C=O) groups excluding carboxylic acids is 2. The molecular weight excluding hydrogens is 599 g/mol. The number of amides is 1. The van der Waals surface area contributed by atoms with Crippen LogP contribution in [0, 0.1) is 0 Å². The van der Waals surface area contributed by atoms with Crippen molar-refractivity contribution in [2.75, 3.05) is 13.2 Å². The monoisotopic (exact) mass is 626 g/mol. The molecule has 1 aliphatic heterocycles. The lowest BCUT2D eigenvalue weighted by Crippen LogP contribution is -2.45. The van der Waals surface area contributed by atoms with Crippen molar-refractivity contribution in [3.63, 3.8) is 0 Å². The first-order valence-electron chi connectivity index (χ1n) is 12.9. The second-order valence-corrected chi connectivity index (χ2v) is 10.3. The highest BCUT2D eigenvalue weighted by Crippen LogP contribution is 2.33. The summed E-state index contributed by atoms with van der Waals surface area (Å²) in [6, 6.07) is 18.9. The fourth-order valence-corrected chi connectivity index (χ4v) is 4.83. The van der Waals surface area contributed by atoms with Gasteiger partial charge in [-0.25, -0.2) is 10.2 Å². The molecule has 1 heterocycles. The normalized spacial score (nSPS) is 14.7. The van der Waals surface area contributed by atoms with Crippen LogP contribution in [0.2, 0.25) is 10.0 Å². The van der Waals surface area contributed by atoms with Gasteiger partial charge >= 0.3 is 5.97 Å². The third-order valence-electron chi connectivity index (χ3n) is 6.02. The Morgan fingerprint density at radius 2 is 1.88 bits per heavy atom. The van der Waals surface area contributed by atoms with Gasteiger partial charge in [0.1, 0.15) is 18.1 Å². The van der Waals surface area contributed by atoms with Crippen LogP contribution in [0.25, 0.3) is 0 Å². The number of hydrogen-bond donors (Lipinski definition) is 3. The highest BCUT2D eigenvalue weighted by molar-refractivity contribution is 7.80. The number of allylic oxidation sites excluding steroid dienone is 1. The van der Waals surface area contributed by atoms with Gasteiger partial charge in [-0.05, 0) is 62.0 Å². The minimum Gasteiger partial charge on any atom is -0.489 e. The van der Waals surface area contributed by atoms with Gasteiger partial charge in [-0.2, -0.15) is 5.10 Å². The number of halogens is 2. The molecule has 0 radical (unpaired) electrons. The Morgan fingerprint density at radius 3 is 2.67 bits per heavy atom. The summed E-state index contributed by atoms with van der Waals surface area (Å²) in [6.07, 6.45) is 1.49. The Balaban J connectivity index is 1.36. The topological polar surface area (TPSA) is 110 Å². The van der Waals surface area contributed by atoms with Gasteiger partial charge in [0.2, 0.25) is 0 Å². The molecule has 0 aliphatic carbocycles. The van der Waals surface area contributed by atoms with E-state index in [4.69, 9.17) is 49.6 Å². The van der Waals surface area contributed by atoms with E-state index >= 15 is 0 Å². The minimum absolute atomic E-state index is 0.223. The van der Waals surface area contributed by atoms with E-state index in [1.165, 1.54) is 6.21 Å². The number of nitrogens with one attached hydrogen (secondary N) is 3. The Morgan fingerprint density at radius 1 is 1.07 bits per heavy atom. The third-order valence-corrected chi connectivity index (χ3v) is 6.83. The lowest BCUT2D eigenvalue weighted by molar-refractivity contribution is -0.139. The van der Waals surface area contributed by atoms with Crippen molar-refractivity contribution in [2.24, 2.45) is 5.10 Å². The van der Waals surface area contributed by atoms with Gasteiger partial charge in [0.25, 0.3) is 5.91 Å². The summed E-state index contributed by atoms with van der Waals surface area (Å²) in [7, 11) is 0. The summed E-state index contributed by atoms with van der Waals surface area (Å²) in [4.78, 5) is 25.2. The molecule has 42 heavy (non-hydrogen) atoms. The van der Waals surface area contributed by atoms with Gasteiger partial charge < -0.3 is 24.8 Å². The van der Waals surface area contributed by atoms with Crippen LogP contribution in [0.4, 0.5) is 0 Å². The number of hydrazone groups is 1. The number of para-hydroxylation sites is 1. The zero-order valence-electron chi connectivity index (χ0n) is 22.8. The predicted octanol–water partition coefficient (Wildman–Crippen LogP) is 5.46. The fourth-order valence-electron chi connectivity index (χ4n) is 4.10. The summed E-state index contributed by atoms with van der Waals surface area (Å²) in [6.45, 7) is 3.66. The number of carbonyl (C=O) groups is 2. The van der Waals surface area contributed by atoms with Gasteiger partial charge in [-0.3, -0.25) is 4.79 Å². The summed E-state index contributed by atoms with van der Waals surface area (Å²) >= 11 is 17.5. The van der Waals surface area contributed by atoms with Crippen LogP contribution in [0.3, 0.4) is 0 Å². The molecule has 0 unspecified atom stereocenters. The van der Waals surface area contributed by atoms with E-state index in [9.17, 15) is 9.59 Å². The zero-order chi connectivity index (χ0) is 30.1. The van der Waals surface area contributed by atoms with Gasteiger partial charge in [0.15, 0.2) is 11.7 Å². The van der Waals surface area contributed by atoms with E-state index in [0.29, 0.717) is 49.1 Å². The molecule has 12 heteroatoms. The molecule has 0 saturated carbocycles. The number of hydrogen-bond acceptors (Lipinski definition) is 7. The van der Waals surface area contributed by atoms with Crippen molar-refractivity contribution in [3.8, 4) is 11.5 Å². The molecule has 0 aromatic heterocycles. The fraction of sp³-hybridized carbons (Fsp3) is 0.200. The number of nitrogens with zero attached hydrogens (tertiary/aromatic N) is 1. The minimum atomic E-state index is -0.625. The Kier molecular flexibility index (Phi) is 10.8. The number of benzene rings is 3. The number of thiocarbonyl (C=S) groups is 1. The van der Waals surface area contributed by atoms with Gasteiger partial charge in [-0.15, -0.1) is 0 Å². The largest absolute Gasteiger partial charge is 0.489 e. The second kappa shape index (κ2) is 14.7. The van der Waals surface area contributed by atoms with E-state index < -0.39 is 17.9 Å². The van der Waals surface area contributed by atoms with Crippen LogP contribution in [0.5, 0.6) is 11.5 Å². The molecule has 3 N–H and O–H groups in total. The van der Waals surface area contributed by atoms with Crippen LogP contribution >= 0.6 is 35.4 Å². The average Bonchev–Trinajstić information content (AvgIpc) is 2.95. The lowest BCUT2D eigenvalue weighted by atomic mass is 9.95. The zero-order valence-corrected chi connectivity index (χ0v) is 25.1. The van der Waals surface area contributed by atoms with Crippen molar-refractivity contribution in [2.45, 2.75) is 26.5 Å². The van der Waals surface area contributed by atoms with Crippen molar-refractivity contribution in [3.05, 3.63) is 105 Å². The summed E-state index contributed by atoms with van der Waals surface area (Å²) in [5.41, 5.74) is 5.54. The summed E-state index contributed by atoms with van der Waals surface area (Å²) < 4.78 is 16.9. The summed E-state index contributed by atoms with van der Waals surface area (Å²) in [5, 5.41) is 11.5. The maximum Gasteiger partial charge on any atom is 0.338 e. The van der Waals surface area contributed by atoms with E-state index in [2.05, 4.69) is 21.2 Å². The Labute approximate surface area is 258 Å². The van der Waals surface area contributed by atoms with Crippen LogP contribution < -0.4 is 25.5 Å². The molecule has 1 aliphatic rings. The number of esters is 1. The van der Waals surface area contributed by atoms with E-state index in [1.54, 1.807) is 68.4 Å². The van der Waals surface area contributed by atoms with Gasteiger partial charge in [-0.1, -0.05) is 59.6 Å². The Bertz CT molecular complexity index is 1550. The SMILES string of the molecule is CCOC(=O)C1=C(C)NC(=S)N[C@@H]1c1ccccc1OCC(=O)NN=Cc1cccc(OCc2ccc(Cl)cc2Cl)c1. The molecule has 1 amide bonds. The third kappa shape index (κ3) is 8.22. The quantitative estimate of drug-likeness (QED) is 0.111. The van der Waals surface area contributed by atoms with Crippen molar-refractivity contribution < 1.29 is 23.8 Å². The highest BCUT2D eigenvalue weighted by atomic mass is 35.5. The second-order valence-electron chi connectivity index (χ2n) is 9.01. The molecule has 0 fully saturated rings.